The van der Waals surface area contributed by atoms with E-state index in [0.29, 0.717) is 0 Å². The molecule has 0 saturated carbocycles. The van der Waals surface area contributed by atoms with Crippen molar-refractivity contribution >= 4 is 5.69 Å². The van der Waals surface area contributed by atoms with Crippen LogP contribution in [0.15, 0.2) is 84.9 Å². The van der Waals surface area contributed by atoms with Gasteiger partial charge in [0.2, 0.25) is 0 Å². The number of nitro benzene ring substituents is 1. The topological polar surface area (TPSA) is 55.2 Å². The number of nitro groups is 1. The fourth-order valence-corrected chi connectivity index (χ4v) is 2.93. The molecule has 0 aliphatic rings. The van der Waals surface area contributed by atoms with E-state index in [-0.39, 0.29) is 22.7 Å². The van der Waals surface area contributed by atoms with Crippen molar-refractivity contribution in [2.24, 2.45) is 0 Å². The number of hydrogen-bond donors (Lipinski definition) is 1. The van der Waals surface area contributed by atoms with E-state index < -0.39 is 0 Å². The minimum Gasteiger partial charge on any atom is -0.300 e. The summed E-state index contributed by atoms with van der Waals surface area (Å²) in [5.41, 5.74) is 3.32. The van der Waals surface area contributed by atoms with Crippen LogP contribution >= 0.6 is 0 Å². The Balaban J connectivity index is 1.90. The second-order valence-corrected chi connectivity index (χ2v) is 5.99. The Morgan fingerprint density at radius 1 is 0.800 bits per heavy atom. The predicted molar refractivity (Wildman–Crippen MR) is 99.4 cm³/mol. The Hall–Kier alpha value is -2.98. The van der Waals surface area contributed by atoms with E-state index in [0.717, 1.165) is 16.7 Å². The standard InChI is InChI=1S/C21H20N2O2/c1-16(19-13-8-14-20(15-19)23(24)25)22-21(17-9-4-2-5-10-17)18-11-6-3-7-12-18/h2-16,21-22H,1H3/t16-/m0/s1. The molecule has 0 fully saturated rings. The highest BCUT2D eigenvalue weighted by Gasteiger charge is 2.18. The second kappa shape index (κ2) is 7.73. The Morgan fingerprint density at radius 3 is 1.84 bits per heavy atom. The molecule has 0 aliphatic carbocycles. The molecule has 3 aromatic rings. The van der Waals surface area contributed by atoms with E-state index >= 15 is 0 Å². The summed E-state index contributed by atoms with van der Waals surface area (Å²) >= 11 is 0. The lowest BCUT2D eigenvalue weighted by atomic mass is 9.96. The zero-order chi connectivity index (χ0) is 17.6. The van der Waals surface area contributed by atoms with Gasteiger partial charge in [0, 0.05) is 18.2 Å². The number of nitrogens with one attached hydrogen (secondary N) is 1. The Morgan fingerprint density at radius 2 is 1.32 bits per heavy atom. The van der Waals surface area contributed by atoms with Gasteiger partial charge in [-0.3, -0.25) is 15.4 Å². The Bertz CT molecular complexity index is 795. The number of nitrogens with zero attached hydrogens (tertiary/aromatic N) is 1. The second-order valence-electron chi connectivity index (χ2n) is 5.99. The maximum absolute atomic E-state index is 11.0. The third-order valence-corrected chi connectivity index (χ3v) is 4.26. The quantitative estimate of drug-likeness (QED) is 0.508. The zero-order valence-corrected chi connectivity index (χ0v) is 14.0. The normalized spacial score (nSPS) is 12.1. The largest absolute Gasteiger partial charge is 0.300 e. The molecule has 3 aromatic carbocycles. The Kier molecular flexibility index (Phi) is 5.21. The van der Waals surface area contributed by atoms with E-state index in [9.17, 15) is 10.1 Å². The summed E-state index contributed by atoms with van der Waals surface area (Å²) in [4.78, 5) is 10.7. The highest BCUT2D eigenvalue weighted by atomic mass is 16.6. The summed E-state index contributed by atoms with van der Waals surface area (Å²) in [6.07, 6.45) is 0. The van der Waals surface area contributed by atoms with Gasteiger partial charge in [-0.15, -0.1) is 0 Å². The van der Waals surface area contributed by atoms with E-state index in [1.54, 1.807) is 12.1 Å². The fraction of sp³-hybridized carbons (Fsp3) is 0.143. The summed E-state index contributed by atoms with van der Waals surface area (Å²) < 4.78 is 0. The molecule has 4 nitrogen and oxygen atoms in total. The molecule has 126 valence electrons. The van der Waals surface area contributed by atoms with Crippen LogP contribution in [-0.2, 0) is 0 Å². The molecular formula is C21H20N2O2. The van der Waals surface area contributed by atoms with E-state index in [1.807, 2.05) is 49.4 Å². The Labute approximate surface area is 147 Å². The number of hydrogen-bond acceptors (Lipinski definition) is 3. The van der Waals surface area contributed by atoms with Gasteiger partial charge in [-0.05, 0) is 23.6 Å². The number of benzene rings is 3. The molecule has 0 aromatic heterocycles. The molecule has 0 amide bonds. The molecule has 1 N–H and O–H groups in total. The fourth-order valence-electron chi connectivity index (χ4n) is 2.93. The molecule has 0 unspecified atom stereocenters. The van der Waals surface area contributed by atoms with Crippen LogP contribution < -0.4 is 5.32 Å². The highest BCUT2D eigenvalue weighted by Crippen LogP contribution is 2.27. The summed E-state index contributed by atoms with van der Waals surface area (Å²) in [6.45, 7) is 2.03. The lowest BCUT2D eigenvalue weighted by Crippen LogP contribution is -2.25. The molecule has 4 heteroatoms. The first-order valence-electron chi connectivity index (χ1n) is 8.25. The molecule has 0 spiro atoms. The molecule has 1 atom stereocenters. The summed E-state index contributed by atoms with van der Waals surface area (Å²) in [5.74, 6) is 0. The van der Waals surface area contributed by atoms with Gasteiger partial charge in [0.1, 0.15) is 0 Å². The van der Waals surface area contributed by atoms with Crippen LogP contribution in [0.1, 0.15) is 35.7 Å². The molecular weight excluding hydrogens is 312 g/mol. The van der Waals surface area contributed by atoms with Gasteiger partial charge in [-0.1, -0.05) is 72.8 Å². The number of non-ortho nitro benzene ring substituents is 1. The SMILES string of the molecule is C[C@H](NC(c1ccccc1)c1ccccc1)c1cccc([N+](=O)[O-])c1. The zero-order valence-electron chi connectivity index (χ0n) is 14.0. The summed E-state index contributed by atoms with van der Waals surface area (Å²) in [5, 5.41) is 14.6. The first-order chi connectivity index (χ1) is 12.1. The average molecular weight is 332 g/mol. The van der Waals surface area contributed by atoms with Gasteiger partial charge in [-0.2, -0.15) is 0 Å². The highest BCUT2D eigenvalue weighted by molar-refractivity contribution is 5.37. The average Bonchev–Trinajstić information content (AvgIpc) is 2.67. The lowest BCUT2D eigenvalue weighted by Gasteiger charge is -2.24. The molecule has 0 bridgehead atoms. The van der Waals surface area contributed by atoms with Crippen molar-refractivity contribution in [2.45, 2.75) is 19.0 Å². The van der Waals surface area contributed by atoms with E-state index in [2.05, 4.69) is 29.6 Å². The minimum absolute atomic E-state index is 0.0108. The van der Waals surface area contributed by atoms with Gasteiger partial charge in [0.15, 0.2) is 0 Å². The maximum Gasteiger partial charge on any atom is 0.269 e. The third kappa shape index (κ3) is 4.11. The van der Waals surface area contributed by atoms with Crippen LogP contribution in [0.5, 0.6) is 0 Å². The van der Waals surface area contributed by atoms with Crippen LogP contribution in [0, 0.1) is 10.1 Å². The molecule has 0 radical (unpaired) electrons. The van der Waals surface area contributed by atoms with Crippen molar-refractivity contribution in [2.75, 3.05) is 0 Å². The first-order valence-corrected chi connectivity index (χ1v) is 8.25. The molecule has 3 rings (SSSR count). The monoisotopic (exact) mass is 332 g/mol. The van der Waals surface area contributed by atoms with Gasteiger partial charge < -0.3 is 0 Å². The molecule has 0 saturated heterocycles. The van der Waals surface area contributed by atoms with E-state index in [4.69, 9.17) is 0 Å². The van der Waals surface area contributed by atoms with Gasteiger partial charge in [-0.25, -0.2) is 0 Å². The summed E-state index contributed by atoms with van der Waals surface area (Å²) in [7, 11) is 0. The third-order valence-electron chi connectivity index (χ3n) is 4.26. The van der Waals surface area contributed by atoms with Crippen LogP contribution in [0.3, 0.4) is 0 Å². The van der Waals surface area contributed by atoms with Gasteiger partial charge in [0.25, 0.3) is 5.69 Å². The van der Waals surface area contributed by atoms with Crippen molar-refractivity contribution in [3.05, 3.63) is 112 Å². The van der Waals surface area contributed by atoms with Crippen molar-refractivity contribution in [3.63, 3.8) is 0 Å². The lowest BCUT2D eigenvalue weighted by molar-refractivity contribution is -0.384. The van der Waals surface area contributed by atoms with Crippen LogP contribution in [0.25, 0.3) is 0 Å². The van der Waals surface area contributed by atoms with Crippen LogP contribution in [0.2, 0.25) is 0 Å². The number of rotatable bonds is 6. The molecule has 25 heavy (non-hydrogen) atoms. The first kappa shape index (κ1) is 16.9. The maximum atomic E-state index is 11.0. The molecule has 0 heterocycles. The van der Waals surface area contributed by atoms with Crippen molar-refractivity contribution < 1.29 is 4.92 Å². The van der Waals surface area contributed by atoms with Crippen LogP contribution in [-0.4, -0.2) is 4.92 Å². The van der Waals surface area contributed by atoms with Crippen LogP contribution in [0.4, 0.5) is 5.69 Å². The molecule has 0 aliphatic heterocycles. The van der Waals surface area contributed by atoms with Crippen molar-refractivity contribution in [1.82, 2.24) is 5.32 Å². The summed E-state index contributed by atoms with van der Waals surface area (Å²) in [6, 6.07) is 27.2. The predicted octanol–water partition coefficient (Wildman–Crippen LogP) is 5.04. The minimum atomic E-state index is -0.359. The van der Waals surface area contributed by atoms with Crippen molar-refractivity contribution in [3.8, 4) is 0 Å². The smallest absolute Gasteiger partial charge is 0.269 e. The van der Waals surface area contributed by atoms with Gasteiger partial charge in [0.05, 0.1) is 11.0 Å². The van der Waals surface area contributed by atoms with E-state index in [1.165, 1.54) is 6.07 Å². The van der Waals surface area contributed by atoms with Crippen molar-refractivity contribution in [1.29, 1.82) is 0 Å². The van der Waals surface area contributed by atoms with Gasteiger partial charge >= 0.3 is 0 Å².